The van der Waals surface area contributed by atoms with Gasteiger partial charge >= 0.3 is 5.97 Å². The molecular formula is C24H24F3NO5. The first-order valence-corrected chi connectivity index (χ1v) is 10.3. The summed E-state index contributed by atoms with van der Waals surface area (Å²) in [6.07, 6.45) is 3.68. The van der Waals surface area contributed by atoms with E-state index < -0.39 is 46.9 Å². The van der Waals surface area contributed by atoms with E-state index in [1.165, 1.54) is 14.2 Å². The molecular weight excluding hydrogens is 439 g/mol. The maximum atomic E-state index is 13.9. The van der Waals surface area contributed by atoms with Crippen LogP contribution >= 0.6 is 0 Å². The molecule has 2 aromatic rings. The third-order valence-electron chi connectivity index (χ3n) is 5.40. The average Bonchev–Trinajstić information content (AvgIpc) is 3.20. The first kappa shape index (κ1) is 24.2. The van der Waals surface area contributed by atoms with Gasteiger partial charge in [0.15, 0.2) is 11.5 Å². The zero-order valence-electron chi connectivity index (χ0n) is 18.4. The molecule has 0 saturated carbocycles. The Labute approximate surface area is 189 Å². The van der Waals surface area contributed by atoms with Gasteiger partial charge in [0.1, 0.15) is 23.0 Å². The molecule has 0 spiro atoms. The standard InChI is InChI=1S/C24H24F3NO5/c1-4-33-24(30)21(14-6-8-19(31-2)20(10-14)32-3)13-5-7-16(9-13)28-23(29)22-17(26)11-15(25)12-18(22)27/h5-8,10-13,16,21H,4,9H2,1-3H3,(H,28,29)/t13-,16-,21+/m1/s1. The van der Waals surface area contributed by atoms with E-state index in [2.05, 4.69) is 5.32 Å². The van der Waals surface area contributed by atoms with Crippen LogP contribution < -0.4 is 14.8 Å². The van der Waals surface area contributed by atoms with E-state index in [1.807, 2.05) is 0 Å². The third kappa shape index (κ3) is 5.30. The van der Waals surface area contributed by atoms with Crippen LogP contribution in [0.1, 0.15) is 35.2 Å². The van der Waals surface area contributed by atoms with Crippen LogP contribution in [0.2, 0.25) is 0 Å². The summed E-state index contributed by atoms with van der Waals surface area (Å²) in [4.78, 5) is 25.2. The van der Waals surface area contributed by atoms with Gasteiger partial charge in [-0.2, -0.15) is 0 Å². The lowest BCUT2D eigenvalue weighted by Crippen LogP contribution is -2.35. The van der Waals surface area contributed by atoms with Gasteiger partial charge in [0, 0.05) is 18.2 Å². The molecule has 0 saturated heterocycles. The Morgan fingerprint density at radius 3 is 2.30 bits per heavy atom. The molecule has 33 heavy (non-hydrogen) atoms. The highest BCUT2D eigenvalue weighted by Gasteiger charge is 2.35. The molecule has 0 aliphatic heterocycles. The number of nitrogens with one attached hydrogen (secondary N) is 1. The zero-order valence-corrected chi connectivity index (χ0v) is 18.4. The Kier molecular flexibility index (Phi) is 7.63. The molecule has 3 atom stereocenters. The first-order valence-electron chi connectivity index (χ1n) is 10.3. The molecule has 3 rings (SSSR count). The monoisotopic (exact) mass is 463 g/mol. The van der Waals surface area contributed by atoms with Crippen molar-refractivity contribution in [2.45, 2.75) is 25.3 Å². The Morgan fingerprint density at radius 1 is 1.03 bits per heavy atom. The van der Waals surface area contributed by atoms with Crippen LogP contribution in [0.25, 0.3) is 0 Å². The maximum absolute atomic E-state index is 13.9. The van der Waals surface area contributed by atoms with Gasteiger partial charge in [-0.3, -0.25) is 9.59 Å². The van der Waals surface area contributed by atoms with Crippen LogP contribution in [-0.4, -0.2) is 38.7 Å². The second-order valence-electron chi connectivity index (χ2n) is 7.45. The molecule has 1 amide bonds. The average molecular weight is 463 g/mol. The number of hydrogen-bond acceptors (Lipinski definition) is 5. The molecule has 6 nitrogen and oxygen atoms in total. The summed E-state index contributed by atoms with van der Waals surface area (Å²) in [7, 11) is 2.98. The number of allylic oxidation sites excluding steroid dienone is 1. The summed E-state index contributed by atoms with van der Waals surface area (Å²) in [5, 5.41) is 2.52. The molecule has 176 valence electrons. The van der Waals surface area contributed by atoms with Crippen LogP contribution in [-0.2, 0) is 9.53 Å². The Morgan fingerprint density at radius 2 is 1.70 bits per heavy atom. The van der Waals surface area contributed by atoms with Gasteiger partial charge in [-0.15, -0.1) is 0 Å². The molecule has 0 aromatic heterocycles. The summed E-state index contributed by atoms with van der Waals surface area (Å²) in [6, 6.07) is 5.38. The van der Waals surface area contributed by atoms with Crippen molar-refractivity contribution in [3.63, 3.8) is 0 Å². The topological polar surface area (TPSA) is 73.9 Å². The number of esters is 1. The van der Waals surface area contributed by atoms with E-state index in [1.54, 1.807) is 37.3 Å². The molecule has 1 N–H and O–H groups in total. The number of methoxy groups -OCH3 is 2. The highest BCUT2D eigenvalue weighted by molar-refractivity contribution is 5.95. The van der Waals surface area contributed by atoms with Crippen LogP contribution in [0.15, 0.2) is 42.5 Å². The number of rotatable bonds is 8. The van der Waals surface area contributed by atoms with E-state index in [0.717, 1.165) is 0 Å². The lowest BCUT2D eigenvalue weighted by molar-refractivity contribution is -0.146. The summed E-state index contributed by atoms with van der Waals surface area (Å²) in [5.74, 6) is -5.30. The molecule has 0 fully saturated rings. The van der Waals surface area contributed by atoms with Crippen molar-refractivity contribution in [3.8, 4) is 11.5 Å². The number of halogens is 3. The van der Waals surface area contributed by atoms with Crippen molar-refractivity contribution >= 4 is 11.9 Å². The van der Waals surface area contributed by atoms with Gasteiger partial charge in [-0.1, -0.05) is 18.2 Å². The van der Waals surface area contributed by atoms with Crippen molar-refractivity contribution in [1.82, 2.24) is 5.32 Å². The number of benzene rings is 2. The molecule has 0 heterocycles. The summed E-state index contributed by atoms with van der Waals surface area (Å²) in [5.41, 5.74) is -0.238. The quantitative estimate of drug-likeness (QED) is 0.471. The normalized spacial score (nSPS) is 18.0. The van der Waals surface area contributed by atoms with Crippen LogP contribution in [0.3, 0.4) is 0 Å². The third-order valence-corrected chi connectivity index (χ3v) is 5.40. The summed E-state index contributed by atoms with van der Waals surface area (Å²) >= 11 is 0. The molecule has 1 aliphatic rings. The number of hydrogen-bond donors (Lipinski definition) is 1. The fourth-order valence-corrected chi connectivity index (χ4v) is 3.92. The van der Waals surface area contributed by atoms with E-state index in [4.69, 9.17) is 14.2 Å². The minimum Gasteiger partial charge on any atom is -0.493 e. The maximum Gasteiger partial charge on any atom is 0.314 e. The van der Waals surface area contributed by atoms with E-state index in [-0.39, 0.29) is 18.9 Å². The van der Waals surface area contributed by atoms with Crippen molar-refractivity contribution in [2.24, 2.45) is 5.92 Å². The van der Waals surface area contributed by atoms with Gasteiger partial charge in [-0.05, 0) is 37.0 Å². The van der Waals surface area contributed by atoms with Crippen molar-refractivity contribution in [1.29, 1.82) is 0 Å². The number of amides is 1. The van der Waals surface area contributed by atoms with Gasteiger partial charge < -0.3 is 19.5 Å². The second-order valence-corrected chi connectivity index (χ2v) is 7.45. The molecule has 1 aliphatic carbocycles. The largest absolute Gasteiger partial charge is 0.493 e. The SMILES string of the molecule is CCOC(=O)[C@H](c1ccc(OC)c(OC)c1)[C@@H]1C=C[C@@H](NC(=O)c2c(F)cc(F)cc2F)C1. The Balaban J connectivity index is 1.81. The lowest BCUT2D eigenvalue weighted by Gasteiger charge is -2.23. The van der Waals surface area contributed by atoms with Gasteiger partial charge in [0.05, 0.1) is 26.7 Å². The van der Waals surface area contributed by atoms with E-state index >= 15 is 0 Å². The molecule has 2 aromatic carbocycles. The van der Waals surface area contributed by atoms with Gasteiger partial charge in [0.25, 0.3) is 5.91 Å². The van der Waals surface area contributed by atoms with Crippen molar-refractivity contribution in [2.75, 3.05) is 20.8 Å². The number of carbonyl (C=O) groups excluding carboxylic acids is 2. The van der Waals surface area contributed by atoms with Crippen LogP contribution in [0, 0.1) is 23.4 Å². The predicted molar refractivity (Wildman–Crippen MR) is 114 cm³/mol. The fourth-order valence-electron chi connectivity index (χ4n) is 3.92. The van der Waals surface area contributed by atoms with Crippen molar-refractivity contribution in [3.05, 3.63) is 71.1 Å². The number of ether oxygens (including phenoxy) is 3. The fraction of sp³-hybridized carbons (Fsp3) is 0.333. The molecule has 0 bridgehead atoms. The molecule has 0 unspecified atom stereocenters. The second kappa shape index (κ2) is 10.4. The van der Waals surface area contributed by atoms with Crippen LogP contribution in [0.5, 0.6) is 11.5 Å². The lowest BCUT2D eigenvalue weighted by atomic mass is 9.85. The van der Waals surface area contributed by atoms with Gasteiger partial charge in [-0.25, -0.2) is 13.2 Å². The number of carbonyl (C=O) groups is 2. The Hall–Kier alpha value is -3.49. The Bertz CT molecular complexity index is 1050. The predicted octanol–water partition coefficient (Wildman–Crippen LogP) is 4.14. The molecule has 0 radical (unpaired) electrons. The first-order chi connectivity index (χ1) is 15.8. The van der Waals surface area contributed by atoms with E-state index in [9.17, 15) is 22.8 Å². The van der Waals surface area contributed by atoms with Gasteiger partial charge in [0.2, 0.25) is 0 Å². The minimum atomic E-state index is -1.29. The van der Waals surface area contributed by atoms with Crippen LogP contribution in [0.4, 0.5) is 13.2 Å². The smallest absolute Gasteiger partial charge is 0.314 e. The molecule has 9 heteroatoms. The summed E-state index contributed by atoms with van der Waals surface area (Å²) < 4.78 is 56.9. The van der Waals surface area contributed by atoms with Crippen molar-refractivity contribution < 1.29 is 37.0 Å². The highest BCUT2D eigenvalue weighted by Crippen LogP contribution is 2.38. The van der Waals surface area contributed by atoms with E-state index in [0.29, 0.717) is 29.2 Å². The highest BCUT2D eigenvalue weighted by atomic mass is 19.1. The minimum absolute atomic E-state index is 0.183. The summed E-state index contributed by atoms with van der Waals surface area (Å²) in [6.45, 7) is 1.88. The zero-order chi connectivity index (χ0) is 24.1.